The minimum atomic E-state index is -0.502. The molecule has 0 aliphatic heterocycles. The zero-order valence-corrected chi connectivity index (χ0v) is 17.9. The molecular weight excluding hydrogens is 442 g/mol. The van der Waals surface area contributed by atoms with Crippen LogP contribution in [0.15, 0.2) is 46.0 Å². The highest BCUT2D eigenvalue weighted by Gasteiger charge is 2.12. The number of methoxy groups -OCH3 is 1. The van der Waals surface area contributed by atoms with Crippen molar-refractivity contribution in [2.45, 2.75) is 13.8 Å². The second-order valence-corrected chi connectivity index (χ2v) is 6.61. The smallest absolute Gasteiger partial charge is 0.343 e. The summed E-state index contributed by atoms with van der Waals surface area (Å²) >= 11 is 3.42. The molecule has 0 radical (unpaired) electrons. The molecule has 0 saturated carbocycles. The number of aryl methyl sites for hydroxylation is 1. The van der Waals surface area contributed by atoms with E-state index in [1.54, 1.807) is 18.2 Å². The quantitative estimate of drug-likeness (QED) is 0.351. The van der Waals surface area contributed by atoms with Gasteiger partial charge in [0.25, 0.3) is 0 Å². The van der Waals surface area contributed by atoms with Crippen LogP contribution in [-0.2, 0) is 9.53 Å². The molecule has 2 rings (SSSR count). The van der Waals surface area contributed by atoms with E-state index >= 15 is 0 Å². The van der Waals surface area contributed by atoms with Crippen LogP contribution in [0.2, 0.25) is 0 Å². The van der Waals surface area contributed by atoms with Crippen LogP contribution >= 0.6 is 15.9 Å². The van der Waals surface area contributed by atoms with Gasteiger partial charge < -0.3 is 19.5 Å². The monoisotopic (exact) mass is 463 g/mol. The van der Waals surface area contributed by atoms with E-state index < -0.39 is 12.0 Å². The molecule has 0 unspecified atom stereocenters. The highest BCUT2D eigenvalue weighted by atomic mass is 79.9. The Labute approximate surface area is 177 Å². The molecule has 2 aromatic carbocycles. The molecule has 0 aliphatic carbocycles. The Hall–Kier alpha value is -3.07. The van der Waals surface area contributed by atoms with Crippen LogP contribution in [-0.4, -0.2) is 38.5 Å². The van der Waals surface area contributed by atoms with Gasteiger partial charge >= 0.3 is 12.0 Å². The summed E-state index contributed by atoms with van der Waals surface area (Å²) in [6.45, 7) is 3.90. The fraction of sp³-hybridized carbons (Fsp3) is 0.250. The van der Waals surface area contributed by atoms with Crippen molar-refractivity contribution in [3.8, 4) is 11.5 Å². The summed E-state index contributed by atoms with van der Waals surface area (Å²) in [6.07, 6.45) is 1.47. The average molecular weight is 464 g/mol. The van der Waals surface area contributed by atoms with E-state index in [2.05, 4.69) is 36.5 Å². The van der Waals surface area contributed by atoms with Crippen molar-refractivity contribution in [2.75, 3.05) is 25.6 Å². The van der Waals surface area contributed by atoms with Gasteiger partial charge in [0.1, 0.15) is 0 Å². The number of anilines is 1. The van der Waals surface area contributed by atoms with Crippen molar-refractivity contribution in [1.82, 2.24) is 5.43 Å². The standard InChI is InChI=1S/C20H22BrN3O5/c1-4-28-17-9-14(15(21)10-18(17)29-12-19(25)27-3)11-22-24-20(26)23-16-8-6-5-7-13(16)2/h5-11H,4,12H2,1-3H3,(H2,23,24,26). The molecule has 154 valence electrons. The van der Waals surface area contributed by atoms with Crippen LogP contribution in [0.5, 0.6) is 11.5 Å². The molecule has 9 heteroatoms. The molecule has 2 aromatic rings. The van der Waals surface area contributed by atoms with E-state index in [0.29, 0.717) is 33.8 Å². The zero-order chi connectivity index (χ0) is 21.2. The molecule has 2 amide bonds. The Kier molecular flexibility index (Phi) is 8.47. The highest BCUT2D eigenvalue weighted by Crippen LogP contribution is 2.33. The number of halogens is 1. The van der Waals surface area contributed by atoms with Gasteiger partial charge in [0.05, 0.1) is 19.9 Å². The number of rotatable bonds is 8. The van der Waals surface area contributed by atoms with Crippen molar-refractivity contribution in [2.24, 2.45) is 5.10 Å². The molecule has 0 aliphatic rings. The lowest BCUT2D eigenvalue weighted by Gasteiger charge is -2.13. The number of hydrazone groups is 1. The molecule has 0 atom stereocenters. The summed E-state index contributed by atoms with van der Waals surface area (Å²) in [5.74, 6) is 0.315. The normalized spacial score (nSPS) is 10.5. The summed E-state index contributed by atoms with van der Waals surface area (Å²) in [5.41, 5.74) is 4.71. The minimum absolute atomic E-state index is 0.239. The van der Waals surface area contributed by atoms with E-state index in [1.807, 2.05) is 32.0 Å². The first kappa shape index (κ1) is 22.2. The Balaban J connectivity index is 2.07. The zero-order valence-electron chi connectivity index (χ0n) is 16.3. The van der Waals surface area contributed by atoms with Crippen LogP contribution in [0.4, 0.5) is 10.5 Å². The first-order valence-electron chi connectivity index (χ1n) is 8.76. The van der Waals surface area contributed by atoms with Gasteiger partial charge in [0, 0.05) is 15.7 Å². The van der Waals surface area contributed by atoms with Crippen molar-refractivity contribution in [1.29, 1.82) is 0 Å². The fourth-order valence-electron chi connectivity index (χ4n) is 2.25. The van der Waals surface area contributed by atoms with Crippen molar-refractivity contribution >= 4 is 39.8 Å². The Morgan fingerprint density at radius 1 is 1.17 bits per heavy atom. The van der Waals surface area contributed by atoms with Crippen LogP contribution in [0.3, 0.4) is 0 Å². The number of hydrogen-bond donors (Lipinski definition) is 2. The Morgan fingerprint density at radius 3 is 2.59 bits per heavy atom. The predicted molar refractivity (Wildman–Crippen MR) is 114 cm³/mol. The number of esters is 1. The third-order valence-corrected chi connectivity index (χ3v) is 4.39. The number of ether oxygens (including phenoxy) is 3. The maximum Gasteiger partial charge on any atom is 0.343 e. The van der Waals surface area contributed by atoms with Crippen LogP contribution in [0.25, 0.3) is 0 Å². The maximum absolute atomic E-state index is 12.0. The number of nitrogens with one attached hydrogen (secondary N) is 2. The molecule has 8 nitrogen and oxygen atoms in total. The first-order chi connectivity index (χ1) is 13.9. The summed E-state index contributed by atoms with van der Waals surface area (Å²) in [6, 6.07) is 10.3. The summed E-state index contributed by atoms with van der Waals surface area (Å²) < 4.78 is 16.2. The molecule has 0 aromatic heterocycles. The van der Waals surface area contributed by atoms with Crippen molar-refractivity contribution in [3.05, 3.63) is 52.0 Å². The Morgan fingerprint density at radius 2 is 1.90 bits per heavy atom. The van der Waals surface area contributed by atoms with E-state index in [4.69, 9.17) is 9.47 Å². The lowest BCUT2D eigenvalue weighted by molar-refractivity contribution is -0.142. The highest BCUT2D eigenvalue weighted by molar-refractivity contribution is 9.10. The third-order valence-electron chi connectivity index (χ3n) is 3.70. The van der Waals surface area contributed by atoms with Gasteiger partial charge in [-0.05, 0) is 53.5 Å². The number of hydrogen-bond acceptors (Lipinski definition) is 6. The SMILES string of the molecule is CCOc1cc(C=NNC(=O)Nc2ccccc2C)c(Br)cc1OCC(=O)OC. The molecule has 0 heterocycles. The van der Waals surface area contributed by atoms with Crippen LogP contribution < -0.4 is 20.2 Å². The number of nitrogens with zero attached hydrogens (tertiary/aromatic N) is 1. The van der Waals surface area contributed by atoms with Gasteiger partial charge in [-0.1, -0.05) is 18.2 Å². The average Bonchev–Trinajstić information content (AvgIpc) is 2.70. The number of carbonyl (C=O) groups excluding carboxylic acids is 2. The van der Waals surface area contributed by atoms with Gasteiger partial charge in [0.15, 0.2) is 18.1 Å². The minimum Gasteiger partial charge on any atom is -0.490 e. The molecule has 0 bridgehead atoms. The topological polar surface area (TPSA) is 98.3 Å². The number of benzene rings is 2. The third kappa shape index (κ3) is 6.79. The summed E-state index contributed by atoms with van der Waals surface area (Å²) in [7, 11) is 1.28. The number of para-hydroxylation sites is 1. The fourth-order valence-corrected chi connectivity index (χ4v) is 2.68. The van der Waals surface area contributed by atoms with Gasteiger partial charge in [-0.3, -0.25) is 0 Å². The first-order valence-corrected chi connectivity index (χ1v) is 9.55. The molecule has 2 N–H and O–H groups in total. The predicted octanol–water partition coefficient (Wildman–Crippen LogP) is 3.86. The van der Waals surface area contributed by atoms with Crippen LogP contribution in [0.1, 0.15) is 18.1 Å². The summed E-state index contributed by atoms with van der Waals surface area (Å²) in [4.78, 5) is 23.3. The van der Waals surface area contributed by atoms with E-state index in [-0.39, 0.29) is 6.61 Å². The largest absolute Gasteiger partial charge is 0.490 e. The maximum atomic E-state index is 12.0. The number of urea groups is 1. The van der Waals surface area contributed by atoms with Gasteiger partial charge in [-0.25, -0.2) is 15.0 Å². The van der Waals surface area contributed by atoms with E-state index in [0.717, 1.165) is 5.56 Å². The van der Waals surface area contributed by atoms with E-state index in [1.165, 1.54) is 13.3 Å². The second kappa shape index (κ2) is 11.1. The molecule has 0 saturated heterocycles. The Bertz CT molecular complexity index is 902. The number of amides is 2. The van der Waals surface area contributed by atoms with Crippen LogP contribution in [0, 0.1) is 6.92 Å². The summed E-state index contributed by atoms with van der Waals surface area (Å²) in [5, 5.41) is 6.68. The van der Waals surface area contributed by atoms with Crippen molar-refractivity contribution in [3.63, 3.8) is 0 Å². The van der Waals surface area contributed by atoms with Gasteiger partial charge in [-0.2, -0.15) is 5.10 Å². The molecular formula is C20H22BrN3O5. The second-order valence-electron chi connectivity index (χ2n) is 5.76. The number of carbonyl (C=O) groups is 2. The van der Waals surface area contributed by atoms with E-state index in [9.17, 15) is 9.59 Å². The lowest BCUT2D eigenvalue weighted by Crippen LogP contribution is -2.24. The molecule has 29 heavy (non-hydrogen) atoms. The van der Waals surface area contributed by atoms with Gasteiger partial charge in [-0.15, -0.1) is 0 Å². The van der Waals surface area contributed by atoms with Crippen molar-refractivity contribution < 1.29 is 23.8 Å². The van der Waals surface area contributed by atoms with Gasteiger partial charge in [0.2, 0.25) is 0 Å². The lowest BCUT2D eigenvalue weighted by atomic mass is 10.2. The molecule has 0 spiro atoms. The molecule has 0 fully saturated rings.